The quantitative estimate of drug-likeness (QED) is 0.676. The minimum atomic E-state index is -0.513. The molecule has 0 aliphatic rings. The van der Waals surface area contributed by atoms with Crippen molar-refractivity contribution in [2.24, 2.45) is 0 Å². The topological polar surface area (TPSA) is 55.3 Å². The molecule has 0 spiro atoms. The molecule has 1 aromatic heterocycles. The number of benzene rings is 2. The molecule has 5 nitrogen and oxygen atoms in total. The largest absolute Gasteiger partial charge is 0.481 e. The number of aromatic nitrogens is 2. The van der Waals surface area contributed by atoms with E-state index < -0.39 is 6.10 Å². The van der Waals surface area contributed by atoms with Crippen molar-refractivity contribution in [3.05, 3.63) is 54.7 Å². The lowest BCUT2D eigenvalue weighted by atomic mass is 10.1. The molecule has 0 unspecified atom stereocenters. The van der Waals surface area contributed by atoms with Crippen LogP contribution in [0.25, 0.3) is 22.3 Å². The SMILES string of the molecule is CCN(CC)C(=O)[C@H](C)Oc1ccc(-c2cnc3ccccc3n2)cc1. The number of carbonyl (C=O) groups is 1. The van der Waals surface area contributed by atoms with Crippen molar-refractivity contribution < 1.29 is 9.53 Å². The van der Waals surface area contributed by atoms with Gasteiger partial charge in [0, 0.05) is 18.7 Å². The van der Waals surface area contributed by atoms with Crippen LogP contribution in [0.4, 0.5) is 0 Å². The summed E-state index contributed by atoms with van der Waals surface area (Å²) in [5.41, 5.74) is 3.50. The van der Waals surface area contributed by atoms with E-state index in [9.17, 15) is 4.79 Å². The van der Waals surface area contributed by atoms with Gasteiger partial charge in [0.15, 0.2) is 6.10 Å². The van der Waals surface area contributed by atoms with Crippen LogP contribution in [0.1, 0.15) is 20.8 Å². The van der Waals surface area contributed by atoms with E-state index in [4.69, 9.17) is 4.74 Å². The third kappa shape index (κ3) is 3.82. The monoisotopic (exact) mass is 349 g/mol. The van der Waals surface area contributed by atoms with Gasteiger partial charge in [-0.2, -0.15) is 0 Å². The normalized spacial score (nSPS) is 12.0. The molecule has 26 heavy (non-hydrogen) atoms. The van der Waals surface area contributed by atoms with Crippen LogP contribution < -0.4 is 4.74 Å². The van der Waals surface area contributed by atoms with Gasteiger partial charge in [-0.3, -0.25) is 9.78 Å². The maximum Gasteiger partial charge on any atom is 0.263 e. The van der Waals surface area contributed by atoms with E-state index in [2.05, 4.69) is 9.97 Å². The van der Waals surface area contributed by atoms with Gasteiger partial charge in [0.1, 0.15) is 5.75 Å². The van der Waals surface area contributed by atoms with Gasteiger partial charge in [0.25, 0.3) is 5.91 Å². The number of carbonyl (C=O) groups excluding carboxylic acids is 1. The van der Waals surface area contributed by atoms with Crippen molar-refractivity contribution in [1.29, 1.82) is 0 Å². The second kappa shape index (κ2) is 7.95. The Bertz CT molecular complexity index is 889. The second-order valence-electron chi connectivity index (χ2n) is 6.04. The molecule has 0 bridgehead atoms. The van der Waals surface area contributed by atoms with Crippen molar-refractivity contribution in [3.8, 4) is 17.0 Å². The Hall–Kier alpha value is -2.95. The summed E-state index contributed by atoms with van der Waals surface area (Å²) in [7, 11) is 0. The number of hydrogen-bond donors (Lipinski definition) is 0. The Kier molecular flexibility index (Phi) is 5.46. The van der Waals surface area contributed by atoms with Crippen LogP contribution in [0.15, 0.2) is 54.7 Å². The fourth-order valence-electron chi connectivity index (χ4n) is 2.85. The van der Waals surface area contributed by atoms with Gasteiger partial charge in [-0.25, -0.2) is 4.98 Å². The summed E-state index contributed by atoms with van der Waals surface area (Å²) in [4.78, 5) is 23.2. The van der Waals surface area contributed by atoms with Gasteiger partial charge < -0.3 is 9.64 Å². The predicted octanol–water partition coefficient (Wildman–Crippen LogP) is 3.93. The van der Waals surface area contributed by atoms with Gasteiger partial charge in [-0.15, -0.1) is 0 Å². The first-order valence-corrected chi connectivity index (χ1v) is 8.90. The molecule has 0 N–H and O–H groups in total. The maximum absolute atomic E-state index is 12.3. The van der Waals surface area contributed by atoms with Crippen molar-refractivity contribution >= 4 is 16.9 Å². The highest BCUT2D eigenvalue weighted by Gasteiger charge is 2.19. The number of ether oxygens (including phenoxy) is 1. The molecule has 2 aromatic carbocycles. The first kappa shape index (κ1) is 17.9. The Morgan fingerprint density at radius 2 is 1.69 bits per heavy atom. The highest BCUT2D eigenvalue weighted by molar-refractivity contribution is 5.81. The van der Waals surface area contributed by atoms with E-state index in [0.717, 1.165) is 22.3 Å². The van der Waals surface area contributed by atoms with Gasteiger partial charge in [-0.1, -0.05) is 12.1 Å². The summed E-state index contributed by atoms with van der Waals surface area (Å²) in [5.74, 6) is 0.662. The average molecular weight is 349 g/mol. The first-order valence-electron chi connectivity index (χ1n) is 8.90. The number of rotatable bonds is 6. The van der Waals surface area contributed by atoms with E-state index in [-0.39, 0.29) is 5.91 Å². The van der Waals surface area contributed by atoms with Crippen LogP contribution in [0.3, 0.4) is 0 Å². The Balaban J connectivity index is 1.74. The van der Waals surface area contributed by atoms with Crippen molar-refractivity contribution in [3.63, 3.8) is 0 Å². The van der Waals surface area contributed by atoms with Crippen molar-refractivity contribution in [2.45, 2.75) is 26.9 Å². The van der Waals surface area contributed by atoms with Gasteiger partial charge in [-0.05, 0) is 57.2 Å². The molecule has 0 aliphatic carbocycles. The molecule has 1 amide bonds. The molecule has 0 radical (unpaired) electrons. The molecule has 134 valence electrons. The number of nitrogens with zero attached hydrogens (tertiary/aromatic N) is 3. The minimum Gasteiger partial charge on any atom is -0.481 e. The van der Waals surface area contributed by atoms with Gasteiger partial charge in [0.2, 0.25) is 0 Å². The highest BCUT2D eigenvalue weighted by Crippen LogP contribution is 2.22. The van der Waals surface area contributed by atoms with Crippen LogP contribution in [0.5, 0.6) is 5.75 Å². The van der Waals surface area contributed by atoms with Crippen LogP contribution >= 0.6 is 0 Å². The molecule has 5 heteroatoms. The third-order valence-corrected chi connectivity index (χ3v) is 4.33. The number of likely N-dealkylation sites (N-methyl/N-ethyl adjacent to an activating group) is 1. The molecule has 1 atom stereocenters. The Morgan fingerprint density at radius 1 is 1.04 bits per heavy atom. The van der Waals surface area contributed by atoms with Gasteiger partial charge in [0.05, 0.1) is 22.9 Å². The van der Waals surface area contributed by atoms with E-state index in [1.54, 1.807) is 18.0 Å². The molecule has 0 fully saturated rings. The molecule has 0 saturated heterocycles. The van der Waals surface area contributed by atoms with Crippen LogP contribution in [-0.2, 0) is 4.79 Å². The van der Waals surface area contributed by atoms with E-state index in [0.29, 0.717) is 18.8 Å². The van der Waals surface area contributed by atoms with E-state index >= 15 is 0 Å². The van der Waals surface area contributed by atoms with E-state index in [1.165, 1.54) is 0 Å². The zero-order valence-corrected chi connectivity index (χ0v) is 15.3. The standard InChI is InChI=1S/C21H23N3O2/c1-4-24(5-2)21(25)15(3)26-17-12-10-16(11-13-17)20-14-22-18-8-6-7-9-19(18)23-20/h6-15H,4-5H2,1-3H3/t15-/m0/s1. The lowest BCUT2D eigenvalue weighted by molar-refractivity contribution is -0.137. The summed E-state index contributed by atoms with van der Waals surface area (Å²) in [6.45, 7) is 7.08. The average Bonchev–Trinajstić information content (AvgIpc) is 2.69. The Morgan fingerprint density at radius 3 is 2.35 bits per heavy atom. The molecule has 1 heterocycles. The number of amides is 1. The second-order valence-corrected chi connectivity index (χ2v) is 6.04. The summed E-state index contributed by atoms with van der Waals surface area (Å²) >= 11 is 0. The molecular weight excluding hydrogens is 326 g/mol. The summed E-state index contributed by atoms with van der Waals surface area (Å²) in [6.07, 6.45) is 1.26. The van der Waals surface area contributed by atoms with Crippen LogP contribution in [0, 0.1) is 0 Å². The third-order valence-electron chi connectivity index (χ3n) is 4.33. The van der Waals surface area contributed by atoms with Crippen molar-refractivity contribution in [2.75, 3.05) is 13.1 Å². The lowest BCUT2D eigenvalue weighted by Gasteiger charge is -2.23. The first-order chi connectivity index (χ1) is 12.6. The molecular formula is C21H23N3O2. The fraction of sp³-hybridized carbons (Fsp3) is 0.286. The number of para-hydroxylation sites is 2. The summed E-state index contributed by atoms with van der Waals surface area (Å²) in [5, 5.41) is 0. The number of hydrogen-bond acceptors (Lipinski definition) is 4. The highest BCUT2D eigenvalue weighted by atomic mass is 16.5. The smallest absolute Gasteiger partial charge is 0.263 e. The Labute approximate surface area is 153 Å². The zero-order valence-electron chi connectivity index (χ0n) is 15.3. The van der Waals surface area contributed by atoms with Crippen LogP contribution in [0.2, 0.25) is 0 Å². The molecule has 3 rings (SSSR count). The minimum absolute atomic E-state index is 0.000489. The predicted molar refractivity (Wildman–Crippen MR) is 103 cm³/mol. The molecule has 3 aromatic rings. The summed E-state index contributed by atoms with van der Waals surface area (Å²) < 4.78 is 5.79. The lowest BCUT2D eigenvalue weighted by Crippen LogP contribution is -2.40. The van der Waals surface area contributed by atoms with Crippen molar-refractivity contribution in [1.82, 2.24) is 14.9 Å². The zero-order chi connectivity index (χ0) is 18.5. The van der Waals surface area contributed by atoms with Crippen LogP contribution in [-0.4, -0.2) is 40.0 Å². The van der Waals surface area contributed by atoms with Gasteiger partial charge >= 0.3 is 0 Å². The summed E-state index contributed by atoms with van der Waals surface area (Å²) in [6, 6.07) is 15.4. The molecule has 0 saturated carbocycles. The van der Waals surface area contributed by atoms with E-state index in [1.807, 2.05) is 62.4 Å². The fourth-order valence-corrected chi connectivity index (χ4v) is 2.85. The molecule has 0 aliphatic heterocycles. The maximum atomic E-state index is 12.3. The number of fused-ring (bicyclic) bond motifs is 1.